The lowest BCUT2D eigenvalue weighted by Crippen LogP contribution is -2.28. The minimum absolute atomic E-state index is 0.0970. The topological polar surface area (TPSA) is 31.4 Å². The highest BCUT2D eigenvalue weighted by Crippen LogP contribution is 2.54. The van der Waals surface area contributed by atoms with Gasteiger partial charge in [0.05, 0.1) is 18.8 Å². The number of fused-ring (bicyclic) bond motifs is 1. The number of aromatic nitrogens is 1. The Bertz CT molecular complexity index is 780. The molecule has 132 valence electrons. The van der Waals surface area contributed by atoms with E-state index in [1.807, 2.05) is 12.4 Å². The smallest absolute Gasteiger partial charge is 0.122 e. The molecular weight excluding hydrogens is 310 g/mol. The molecule has 0 bridgehead atoms. The van der Waals surface area contributed by atoms with Gasteiger partial charge in [-0.05, 0) is 60.1 Å². The van der Waals surface area contributed by atoms with Crippen LogP contribution in [0.15, 0.2) is 30.6 Å². The third-order valence-electron chi connectivity index (χ3n) is 5.81. The number of aryl methyl sites for hydroxylation is 1. The molecule has 1 spiro atoms. The summed E-state index contributed by atoms with van der Waals surface area (Å²) in [6.07, 6.45) is 8.39. The molecule has 1 aliphatic carbocycles. The van der Waals surface area contributed by atoms with Gasteiger partial charge in [0.15, 0.2) is 0 Å². The van der Waals surface area contributed by atoms with Crippen LogP contribution in [0.1, 0.15) is 62.6 Å². The number of hydrogen-bond acceptors (Lipinski definition) is 3. The second-order valence-corrected chi connectivity index (χ2v) is 7.35. The summed E-state index contributed by atoms with van der Waals surface area (Å²) in [6.45, 7) is 8.07. The van der Waals surface area contributed by atoms with Crippen molar-refractivity contribution in [2.75, 3.05) is 6.61 Å². The molecule has 1 aliphatic heterocycles. The number of benzene rings is 1. The van der Waals surface area contributed by atoms with Crippen LogP contribution in [-0.4, -0.2) is 17.2 Å². The summed E-state index contributed by atoms with van der Waals surface area (Å²) < 4.78 is 12.2. The van der Waals surface area contributed by atoms with Gasteiger partial charge in [-0.25, -0.2) is 0 Å². The van der Waals surface area contributed by atoms with Gasteiger partial charge in [0.2, 0.25) is 0 Å². The Kier molecular flexibility index (Phi) is 4.28. The second kappa shape index (κ2) is 6.45. The summed E-state index contributed by atoms with van der Waals surface area (Å²) in [6, 6.07) is 6.53. The first-order valence-electron chi connectivity index (χ1n) is 9.55. The number of rotatable bonds is 5. The maximum Gasteiger partial charge on any atom is 0.122 e. The molecule has 1 aromatic heterocycles. The van der Waals surface area contributed by atoms with E-state index in [1.165, 1.54) is 40.7 Å². The minimum atomic E-state index is 0.0970. The van der Waals surface area contributed by atoms with Crippen LogP contribution >= 0.6 is 0 Å². The Hall–Kier alpha value is -1.87. The van der Waals surface area contributed by atoms with Gasteiger partial charge < -0.3 is 9.47 Å². The molecule has 0 radical (unpaired) electrons. The number of pyridine rings is 1. The maximum atomic E-state index is 6.26. The van der Waals surface area contributed by atoms with Crippen LogP contribution in [-0.2, 0) is 17.8 Å². The van der Waals surface area contributed by atoms with Gasteiger partial charge >= 0.3 is 0 Å². The van der Waals surface area contributed by atoms with Crippen LogP contribution in [0.5, 0.6) is 5.75 Å². The van der Waals surface area contributed by atoms with Crippen LogP contribution in [0, 0.1) is 0 Å². The van der Waals surface area contributed by atoms with Crippen molar-refractivity contribution in [1.82, 2.24) is 4.98 Å². The summed E-state index contributed by atoms with van der Waals surface area (Å²) in [5, 5.41) is 0. The maximum absolute atomic E-state index is 6.26. The van der Waals surface area contributed by atoms with E-state index in [0.717, 1.165) is 25.2 Å². The monoisotopic (exact) mass is 337 g/mol. The average molecular weight is 337 g/mol. The first-order chi connectivity index (χ1) is 12.2. The fourth-order valence-corrected chi connectivity index (χ4v) is 3.99. The van der Waals surface area contributed by atoms with Crippen LogP contribution in [0.25, 0.3) is 11.1 Å². The molecule has 1 aromatic carbocycles. The van der Waals surface area contributed by atoms with E-state index in [1.54, 1.807) is 0 Å². The third-order valence-corrected chi connectivity index (χ3v) is 5.81. The molecule has 0 N–H and O–H groups in total. The molecule has 1 fully saturated rings. The first-order valence-corrected chi connectivity index (χ1v) is 9.55. The normalized spacial score (nSPS) is 20.4. The van der Waals surface area contributed by atoms with Gasteiger partial charge in [0, 0.05) is 23.9 Å². The Morgan fingerprint density at radius 1 is 1.24 bits per heavy atom. The summed E-state index contributed by atoms with van der Waals surface area (Å²) >= 11 is 0. The van der Waals surface area contributed by atoms with Crippen molar-refractivity contribution in [3.63, 3.8) is 0 Å². The summed E-state index contributed by atoms with van der Waals surface area (Å²) in [4.78, 5) is 4.56. The van der Waals surface area contributed by atoms with E-state index in [-0.39, 0.29) is 5.60 Å². The lowest BCUT2D eigenvalue weighted by Gasteiger charge is -2.32. The summed E-state index contributed by atoms with van der Waals surface area (Å²) in [7, 11) is 0. The zero-order valence-corrected chi connectivity index (χ0v) is 15.5. The van der Waals surface area contributed by atoms with E-state index >= 15 is 0 Å². The van der Waals surface area contributed by atoms with E-state index in [0.29, 0.717) is 12.5 Å². The fourth-order valence-electron chi connectivity index (χ4n) is 3.99. The Balaban J connectivity index is 1.72. The van der Waals surface area contributed by atoms with Crippen molar-refractivity contribution in [3.05, 3.63) is 47.3 Å². The Labute approximate surface area is 150 Å². The van der Waals surface area contributed by atoms with Crippen molar-refractivity contribution >= 4 is 0 Å². The van der Waals surface area contributed by atoms with Gasteiger partial charge in [0.25, 0.3) is 0 Å². The molecule has 3 heteroatoms. The minimum Gasteiger partial charge on any atom is -0.493 e. The lowest BCUT2D eigenvalue weighted by atomic mass is 9.85. The highest BCUT2D eigenvalue weighted by atomic mass is 16.5. The van der Waals surface area contributed by atoms with Crippen molar-refractivity contribution in [3.8, 4) is 16.9 Å². The van der Waals surface area contributed by atoms with Crippen molar-refractivity contribution < 1.29 is 9.47 Å². The van der Waals surface area contributed by atoms with Crippen molar-refractivity contribution in [2.45, 2.75) is 64.6 Å². The SMILES string of the molecule is CCCOc1ccc(-c2cncc3c2COC2(CC2)C3C)cc1CC. The van der Waals surface area contributed by atoms with Crippen LogP contribution in [0.4, 0.5) is 0 Å². The Morgan fingerprint density at radius 3 is 2.80 bits per heavy atom. The van der Waals surface area contributed by atoms with Crippen molar-refractivity contribution in [2.24, 2.45) is 0 Å². The van der Waals surface area contributed by atoms with E-state index in [9.17, 15) is 0 Å². The highest BCUT2D eigenvalue weighted by molar-refractivity contribution is 5.70. The van der Waals surface area contributed by atoms with Gasteiger partial charge in [0.1, 0.15) is 5.75 Å². The molecule has 2 heterocycles. The molecule has 1 unspecified atom stereocenters. The molecule has 1 saturated carbocycles. The molecule has 2 aromatic rings. The molecule has 0 saturated heterocycles. The molecule has 2 aliphatic rings. The van der Waals surface area contributed by atoms with Gasteiger partial charge in [-0.3, -0.25) is 4.98 Å². The standard InChI is InChI=1S/C22H27NO2/c1-4-10-24-21-7-6-17(11-16(21)5-2)19-13-23-12-18-15(3)22(8-9-22)25-14-20(18)19/h6-7,11-13,15H,4-5,8-10,14H2,1-3H3. The average Bonchev–Trinajstić information content (AvgIpc) is 3.43. The van der Waals surface area contributed by atoms with E-state index in [2.05, 4.69) is 44.0 Å². The molecular formula is C22H27NO2. The molecule has 1 atom stereocenters. The number of hydrogen-bond donors (Lipinski definition) is 0. The third kappa shape index (κ3) is 2.85. The predicted octanol–water partition coefficient (Wildman–Crippen LogP) is 5.27. The quantitative estimate of drug-likeness (QED) is 0.745. The molecule has 4 rings (SSSR count). The second-order valence-electron chi connectivity index (χ2n) is 7.35. The summed E-state index contributed by atoms with van der Waals surface area (Å²) in [5.74, 6) is 1.44. The van der Waals surface area contributed by atoms with E-state index in [4.69, 9.17) is 9.47 Å². The zero-order valence-electron chi connectivity index (χ0n) is 15.5. The zero-order chi connectivity index (χ0) is 17.4. The van der Waals surface area contributed by atoms with Crippen molar-refractivity contribution in [1.29, 1.82) is 0 Å². The van der Waals surface area contributed by atoms with Crippen LogP contribution < -0.4 is 4.74 Å². The van der Waals surface area contributed by atoms with Gasteiger partial charge in [-0.15, -0.1) is 0 Å². The summed E-state index contributed by atoms with van der Waals surface area (Å²) in [5.41, 5.74) is 6.45. The van der Waals surface area contributed by atoms with E-state index < -0.39 is 0 Å². The van der Waals surface area contributed by atoms with Gasteiger partial charge in [-0.2, -0.15) is 0 Å². The lowest BCUT2D eigenvalue weighted by molar-refractivity contribution is -0.00920. The molecule has 0 amide bonds. The first kappa shape index (κ1) is 16.6. The molecule has 25 heavy (non-hydrogen) atoms. The predicted molar refractivity (Wildman–Crippen MR) is 100 cm³/mol. The molecule has 3 nitrogen and oxygen atoms in total. The largest absolute Gasteiger partial charge is 0.493 e. The number of ether oxygens (including phenoxy) is 2. The Morgan fingerprint density at radius 2 is 2.08 bits per heavy atom. The van der Waals surface area contributed by atoms with Crippen LogP contribution in [0.3, 0.4) is 0 Å². The number of nitrogens with zero attached hydrogens (tertiary/aromatic N) is 1. The van der Waals surface area contributed by atoms with Crippen LogP contribution in [0.2, 0.25) is 0 Å². The fraction of sp³-hybridized carbons (Fsp3) is 0.500. The highest BCUT2D eigenvalue weighted by Gasteiger charge is 2.52. The van der Waals surface area contributed by atoms with Gasteiger partial charge in [-0.1, -0.05) is 26.8 Å².